The summed E-state index contributed by atoms with van der Waals surface area (Å²) in [6.45, 7) is 2.62. The Labute approximate surface area is 221 Å². The fourth-order valence-corrected chi connectivity index (χ4v) is 5.40. The maximum atomic E-state index is 13.9. The molecule has 1 atom stereocenters. The van der Waals surface area contributed by atoms with Crippen LogP contribution in [0.25, 0.3) is 10.2 Å². The molecule has 1 amide bonds. The van der Waals surface area contributed by atoms with Crippen molar-refractivity contribution in [1.29, 1.82) is 0 Å². The van der Waals surface area contributed by atoms with E-state index >= 15 is 0 Å². The second kappa shape index (κ2) is 10.7. The first-order chi connectivity index (χ1) is 18.4. The van der Waals surface area contributed by atoms with Crippen molar-refractivity contribution in [3.05, 3.63) is 83.3 Å². The van der Waals surface area contributed by atoms with Gasteiger partial charge in [-0.05, 0) is 54.4 Å². The molecule has 1 aliphatic heterocycles. The van der Waals surface area contributed by atoms with Gasteiger partial charge in [0, 0.05) is 0 Å². The highest BCUT2D eigenvalue weighted by molar-refractivity contribution is 7.22. The number of Topliss-reactive ketones (excluding diaryl/α,β-unsaturated/α-hetero) is 1. The Bertz CT molecular complexity index is 1530. The van der Waals surface area contributed by atoms with E-state index in [2.05, 4.69) is 11.9 Å². The van der Waals surface area contributed by atoms with Crippen molar-refractivity contribution in [3.8, 4) is 11.5 Å². The van der Waals surface area contributed by atoms with Crippen molar-refractivity contribution in [2.45, 2.75) is 32.2 Å². The molecule has 2 aromatic heterocycles. The van der Waals surface area contributed by atoms with E-state index in [0.717, 1.165) is 30.6 Å². The number of carbonyl (C=O) groups excluding carboxylic acids is 2. The smallest absolute Gasteiger partial charge is 0.296 e. The molecule has 1 aliphatic rings. The van der Waals surface area contributed by atoms with Gasteiger partial charge < -0.3 is 19.0 Å². The van der Waals surface area contributed by atoms with Crippen LogP contribution in [-0.4, -0.2) is 35.5 Å². The summed E-state index contributed by atoms with van der Waals surface area (Å²) in [5.41, 5.74) is 0.811. The Kier molecular flexibility index (Phi) is 7.15. The predicted molar refractivity (Wildman–Crippen MR) is 141 cm³/mol. The standard InChI is InChI=1S/C28H25FN2O6S/c1-3-4-5-12-36-19-11-8-16(14-21(19)35-2)24-23(25(32)20-7-6-13-37-20)26(33)27(34)31(24)28-30-18-10-9-17(29)15-22(18)38-28/h6-11,13-15,24,33H,3-5,12H2,1-2H3. The number of benzene rings is 2. The van der Waals surface area contributed by atoms with Gasteiger partial charge in [0.2, 0.25) is 5.78 Å². The van der Waals surface area contributed by atoms with Crippen LogP contribution >= 0.6 is 11.3 Å². The number of rotatable bonds is 10. The van der Waals surface area contributed by atoms with Gasteiger partial charge in [0.05, 0.1) is 41.8 Å². The Morgan fingerprint density at radius 2 is 2.03 bits per heavy atom. The summed E-state index contributed by atoms with van der Waals surface area (Å²) >= 11 is 1.08. The van der Waals surface area contributed by atoms with Crippen molar-refractivity contribution in [3.63, 3.8) is 0 Å². The number of carbonyl (C=O) groups is 2. The summed E-state index contributed by atoms with van der Waals surface area (Å²) in [5.74, 6) is -1.69. The Morgan fingerprint density at radius 1 is 1.18 bits per heavy atom. The number of anilines is 1. The number of fused-ring (bicyclic) bond motifs is 1. The van der Waals surface area contributed by atoms with Crippen LogP contribution in [0.4, 0.5) is 9.52 Å². The predicted octanol–water partition coefficient (Wildman–Crippen LogP) is 6.39. The van der Waals surface area contributed by atoms with Crippen LogP contribution in [0.3, 0.4) is 0 Å². The zero-order valence-electron chi connectivity index (χ0n) is 20.8. The molecule has 1 unspecified atom stereocenters. The molecule has 3 heterocycles. The molecule has 0 aliphatic carbocycles. The highest BCUT2D eigenvalue weighted by Gasteiger charge is 2.46. The molecule has 0 bridgehead atoms. The first kappa shape index (κ1) is 25.5. The van der Waals surface area contributed by atoms with Crippen LogP contribution in [0.1, 0.15) is 48.3 Å². The van der Waals surface area contributed by atoms with Gasteiger partial charge in [-0.2, -0.15) is 0 Å². The molecule has 4 aromatic rings. The van der Waals surface area contributed by atoms with E-state index in [0.29, 0.717) is 33.9 Å². The van der Waals surface area contributed by atoms with Crippen molar-refractivity contribution in [1.82, 2.24) is 4.98 Å². The lowest BCUT2D eigenvalue weighted by atomic mass is 9.95. The minimum absolute atomic E-state index is 0.0274. The molecule has 2 aromatic carbocycles. The number of amides is 1. The van der Waals surface area contributed by atoms with Gasteiger partial charge in [-0.3, -0.25) is 14.5 Å². The molecule has 0 fully saturated rings. The number of hydrogen-bond acceptors (Lipinski definition) is 8. The van der Waals surface area contributed by atoms with Crippen molar-refractivity contribution < 1.29 is 33.0 Å². The van der Waals surface area contributed by atoms with E-state index in [4.69, 9.17) is 13.9 Å². The molecule has 5 rings (SSSR count). The van der Waals surface area contributed by atoms with Gasteiger partial charge in [-0.1, -0.05) is 37.2 Å². The lowest BCUT2D eigenvalue weighted by Crippen LogP contribution is -2.31. The van der Waals surface area contributed by atoms with Gasteiger partial charge in [0.25, 0.3) is 5.91 Å². The van der Waals surface area contributed by atoms with Gasteiger partial charge in [0.15, 0.2) is 28.1 Å². The van der Waals surface area contributed by atoms with E-state index in [-0.39, 0.29) is 16.5 Å². The summed E-state index contributed by atoms with van der Waals surface area (Å²) in [7, 11) is 1.50. The molecule has 0 saturated heterocycles. The fraction of sp³-hybridized carbons (Fsp3) is 0.250. The van der Waals surface area contributed by atoms with Crippen LogP contribution in [0.5, 0.6) is 11.5 Å². The fourth-order valence-electron chi connectivity index (χ4n) is 4.39. The topological polar surface area (TPSA) is 102 Å². The third-order valence-electron chi connectivity index (χ3n) is 6.25. The minimum atomic E-state index is -1.05. The maximum absolute atomic E-state index is 13.9. The molecule has 0 saturated carbocycles. The molecule has 38 heavy (non-hydrogen) atoms. The third kappa shape index (κ3) is 4.63. The summed E-state index contributed by atoms with van der Waals surface area (Å²) < 4.78 is 31.1. The normalized spacial score (nSPS) is 15.5. The highest BCUT2D eigenvalue weighted by atomic mass is 32.1. The second-order valence-electron chi connectivity index (χ2n) is 8.72. The van der Waals surface area contributed by atoms with Crippen molar-refractivity contribution >= 4 is 38.4 Å². The van der Waals surface area contributed by atoms with E-state index in [1.54, 1.807) is 24.3 Å². The maximum Gasteiger partial charge on any atom is 0.296 e. The molecule has 8 nitrogen and oxygen atoms in total. The Morgan fingerprint density at radius 3 is 2.76 bits per heavy atom. The molecule has 0 spiro atoms. The van der Waals surface area contributed by atoms with Crippen molar-refractivity contribution in [2.75, 3.05) is 18.6 Å². The lowest BCUT2D eigenvalue weighted by molar-refractivity contribution is -0.117. The van der Waals surface area contributed by atoms with Gasteiger partial charge >= 0.3 is 0 Å². The van der Waals surface area contributed by atoms with Crippen LogP contribution in [-0.2, 0) is 4.79 Å². The van der Waals surface area contributed by atoms with E-state index in [9.17, 15) is 19.1 Å². The minimum Gasteiger partial charge on any atom is -0.503 e. The second-order valence-corrected chi connectivity index (χ2v) is 9.73. The van der Waals surface area contributed by atoms with Crippen LogP contribution < -0.4 is 14.4 Å². The van der Waals surface area contributed by atoms with Gasteiger partial charge in [0.1, 0.15) is 5.82 Å². The zero-order valence-corrected chi connectivity index (χ0v) is 21.6. The third-order valence-corrected chi connectivity index (χ3v) is 7.27. The molecule has 0 radical (unpaired) electrons. The number of aliphatic hydroxyl groups is 1. The van der Waals surface area contributed by atoms with Gasteiger partial charge in [-0.25, -0.2) is 9.37 Å². The molecule has 1 N–H and O–H groups in total. The number of thiazole rings is 1. The Hall–Kier alpha value is -4.18. The Balaban J connectivity index is 1.60. The first-order valence-corrected chi connectivity index (χ1v) is 13.0. The molecule has 196 valence electrons. The van der Waals surface area contributed by atoms with Crippen molar-refractivity contribution in [2.24, 2.45) is 0 Å². The monoisotopic (exact) mass is 536 g/mol. The number of ketones is 1. The molecular weight excluding hydrogens is 511 g/mol. The molecular formula is C28H25FN2O6S. The number of methoxy groups -OCH3 is 1. The quantitative estimate of drug-likeness (QED) is 0.185. The lowest BCUT2D eigenvalue weighted by Gasteiger charge is -2.25. The van der Waals surface area contributed by atoms with Gasteiger partial charge in [-0.15, -0.1) is 0 Å². The highest BCUT2D eigenvalue weighted by Crippen LogP contribution is 2.45. The summed E-state index contributed by atoms with van der Waals surface area (Å²) in [4.78, 5) is 32.6. The SMILES string of the molecule is CCCCCOc1ccc(C2C(C(=O)c3ccco3)=C(O)C(=O)N2c2nc3ccc(F)cc3s2)cc1OC. The van der Waals surface area contributed by atoms with Crippen LogP contribution in [0, 0.1) is 5.82 Å². The number of furan rings is 1. The van der Waals surface area contributed by atoms with E-state index in [1.165, 1.54) is 42.5 Å². The number of hydrogen-bond donors (Lipinski definition) is 1. The number of ether oxygens (including phenoxy) is 2. The average Bonchev–Trinajstić information content (AvgIpc) is 3.65. The number of aliphatic hydroxyl groups excluding tert-OH is 1. The average molecular weight is 537 g/mol. The zero-order chi connectivity index (χ0) is 26.8. The van der Waals surface area contributed by atoms with E-state index < -0.39 is 29.3 Å². The number of nitrogens with zero attached hydrogens (tertiary/aromatic N) is 2. The summed E-state index contributed by atoms with van der Waals surface area (Å²) in [6.07, 6.45) is 4.33. The number of unbranched alkanes of at least 4 members (excludes halogenated alkanes) is 2. The molecule has 10 heteroatoms. The number of halogens is 1. The van der Waals surface area contributed by atoms with Crippen LogP contribution in [0.15, 0.2) is 70.5 Å². The first-order valence-electron chi connectivity index (χ1n) is 12.1. The summed E-state index contributed by atoms with van der Waals surface area (Å²) in [6, 6.07) is 11.2. The number of aromatic nitrogens is 1. The largest absolute Gasteiger partial charge is 0.503 e. The van der Waals surface area contributed by atoms with Crippen LogP contribution in [0.2, 0.25) is 0 Å². The summed E-state index contributed by atoms with van der Waals surface area (Å²) in [5, 5.41) is 11.1. The van der Waals surface area contributed by atoms with E-state index in [1.807, 2.05) is 0 Å².